The molecule has 2 fully saturated rings. The monoisotopic (exact) mass is 393 g/mol. The van der Waals surface area contributed by atoms with Crippen molar-refractivity contribution in [3.63, 3.8) is 0 Å². The molecule has 2 aliphatic rings. The SMILES string of the molecule is CCN1C(=O)C(CC(=O)N2CCN(c3ccc(OC)cc3)CC2)SC1=S. The molecule has 2 amide bonds. The zero-order chi connectivity index (χ0) is 18.7. The van der Waals surface area contributed by atoms with E-state index < -0.39 is 0 Å². The molecule has 2 heterocycles. The first-order chi connectivity index (χ1) is 12.5. The van der Waals surface area contributed by atoms with E-state index in [2.05, 4.69) is 4.90 Å². The first-order valence-corrected chi connectivity index (χ1v) is 10.0. The van der Waals surface area contributed by atoms with Gasteiger partial charge in [0.2, 0.25) is 11.8 Å². The Kier molecular flexibility index (Phi) is 6.03. The molecule has 6 nitrogen and oxygen atoms in total. The van der Waals surface area contributed by atoms with E-state index in [0.717, 1.165) is 24.5 Å². The molecule has 8 heteroatoms. The highest BCUT2D eigenvalue weighted by molar-refractivity contribution is 8.24. The molecule has 2 aliphatic heterocycles. The number of methoxy groups -OCH3 is 1. The van der Waals surface area contributed by atoms with Gasteiger partial charge in [-0.1, -0.05) is 24.0 Å². The van der Waals surface area contributed by atoms with Crippen LogP contribution in [0.3, 0.4) is 0 Å². The Hall–Kier alpha value is -1.80. The number of carbonyl (C=O) groups excluding carboxylic acids is 2. The molecule has 3 rings (SSSR count). The maximum Gasteiger partial charge on any atom is 0.242 e. The lowest BCUT2D eigenvalue weighted by atomic mass is 10.2. The topological polar surface area (TPSA) is 53.1 Å². The summed E-state index contributed by atoms with van der Waals surface area (Å²) in [6.07, 6.45) is 0.225. The summed E-state index contributed by atoms with van der Waals surface area (Å²) in [5, 5.41) is -0.366. The van der Waals surface area contributed by atoms with Crippen molar-refractivity contribution in [2.75, 3.05) is 44.7 Å². The Bertz CT molecular complexity index is 687. The molecule has 1 aromatic rings. The van der Waals surface area contributed by atoms with Gasteiger partial charge in [0.25, 0.3) is 0 Å². The van der Waals surface area contributed by atoms with Crippen molar-refractivity contribution in [1.82, 2.24) is 9.80 Å². The number of ether oxygens (including phenoxy) is 1. The molecule has 0 N–H and O–H groups in total. The number of amides is 2. The van der Waals surface area contributed by atoms with Crippen molar-refractivity contribution in [2.45, 2.75) is 18.6 Å². The van der Waals surface area contributed by atoms with Crippen LogP contribution in [0.5, 0.6) is 5.75 Å². The van der Waals surface area contributed by atoms with Crippen molar-refractivity contribution in [3.8, 4) is 5.75 Å². The summed E-state index contributed by atoms with van der Waals surface area (Å²) in [6.45, 7) is 5.35. The average molecular weight is 394 g/mol. The first kappa shape index (κ1) is 19.0. The minimum Gasteiger partial charge on any atom is -0.497 e. The van der Waals surface area contributed by atoms with E-state index in [1.165, 1.54) is 11.8 Å². The molecule has 0 aliphatic carbocycles. The number of piperazine rings is 1. The third-order valence-corrected chi connectivity index (χ3v) is 6.34. The number of nitrogens with zero attached hydrogens (tertiary/aromatic N) is 3. The van der Waals surface area contributed by atoms with Crippen LogP contribution in [0, 0.1) is 0 Å². The minimum absolute atomic E-state index is 0.0333. The van der Waals surface area contributed by atoms with Crippen molar-refractivity contribution in [1.29, 1.82) is 0 Å². The van der Waals surface area contributed by atoms with Crippen LogP contribution in [-0.4, -0.2) is 71.0 Å². The van der Waals surface area contributed by atoms with E-state index in [9.17, 15) is 9.59 Å². The quantitative estimate of drug-likeness (QED) is 0.713. The van der Waals surface area contributed by atoms with Gasteiger partial charge >= 0.3 is 0 Å². The molecular weight excluding hydrogens is 370 g/mol. The molecule has 26 heavy (non-hydrogen) atoms. The van der Waals surface area contributed by atoms with Gasteiger partial charge in [-0.05, 0) is 31.2 Å². The number of hydrogen-bond acceptors (Lipinski definition) is 6. The van der Waals surface area contributed by atoms with Gasteiger partial charge in [-0.25, -0.2) is 0 Å². The smallest absolute Gasteiger partial charge is 0.242 e. The Morgan fingerprint density at radius 1 is 1.23 bits per heavy atom. The van der Waals surface area contributed by atoms with Crippen LogP contribution in [0.4, 0.5) is 5.69 Å². The number of anilines is 1. The molecule has 140 valence electrons. The number of carbonyl (C=O) groups is 2. The number of thiocarbonyl (C=S) groups is 1. The van der Waals surface area contributed by atoms with Gasteiger partial charge in [0.1, 0.15) is 10.1 Å². The van der Waals surface area contributed by atoms with Crippen LogP contribution in [0.25, 0.3) is 0 Å². The lowest BCUT2D eigenvalue weighted by Crippen LogP contribution is -2.49. The summed E-state index contributed by atoms with van der Waals surface area (Å²) in [6, 6.07) is 7.95. The van der Waals surface area contributed by atoms with Crippen LogP contribution in [-0.2, 0) is 9.59 Å². The number of rotatable bonds is 5. The second-order valence-electron chi connectivity index (χ2n) is 6.22. The van der Waals surface area contributed by atoms with E-state index in [4.69, 9.17) is 17.0 Å². The van der Waals surface area contributed by atoms with Gasteiger partial charge in [0.05, 0.1) is 12.4 Å². The number of benzene rings is 1. The molecule has 1 unspecified atom stereocenters. The van der Waals surface area contributed by atoms with Gasteiger partial charge in [0.15, 0.2) is 0 Å². The number of hydrogen-bond donors (Lipinski definition) is 0. The predicted molar refractivity (Wildman–Crippen MR) is 108 cm³/mol. The molecule has 2 saturated heterocycles. The minimum atomic E-state index is -0.366. The largest absolute Gasteiger partial charge is 0.497 e. The summed E-state index contributed by atoms with van der Waals surface area (Å²) in [7, 11) is 1.65. The van der Waals surface area contributed by atoms with E-state index >= 15 is 0 Å². The molecule has 0 bridgehead atoms. The van der Waals surface area contributed by atoms with E-state index in [0.29, 0.717) is 24.0 Å². The molecule has 0 spiro atoms. The van der Waals surface area contributed by atoms with Gasteiger partial charge in [-0.3, -0.25) is 14.5 Å². The zero-order valence-electron chi connectivity index (χ0n) is 15.0. The average Bonchev–Trinajstić information content (AvgIpc) is 2.94. The third-order valence-electron chi connectivity index (χ3n) is 4.75. The van der Waals surface area contributed by atoms with E-state index in [-0.39, 0.29) is 23.5 Å². The lowest BCUT2D eigenvalue weighted by Gasteiger charge is -2.36. The summed E-state index contributed by atoms with van der Waals surface area (Å²) >= 11 is 6.56. The molecule has 1 aromatic carbocycles. The van der Waals surface area contributed by atoms with Gasteiger partial charge in [0, 0.05) is 44.8 Å². The standard InChI is InChI=1S/C18H23N3O3S2/c1-3-21-17(23)15(26-18(21)25)12-16(22)20-10-8-19(9-11-20)13-4-6-14(24-2)7-5-13/h4-7,15H,3,8-12H2,1-2H3. The molecule has 0 saturated carbocycles. The fraction of sp³-hybridized carbons (Fsp3) is 0.500. The maximum absolute atomic E-state index is 12.6. The summed E-state index contributed by atoms with van der Waals surface area (Å²) in [5.74, 6) is 0.832. The van der Waals surface area contributed by atoms with Gasteiger partial charge < -0.3 is 14.5 Å². The third kappa shape index (κ3) is 3.96. The van der Waals surface area contributed by atoms with Gasteiger partial charge in [-0.15, -0.1) is 0 Å². The molecule has 0 radical (unpaired) electrons. The Balaban J connectivity index is 1.52. The normalized spacial score (nSPS) is 20.7. The fourth-order valence-corrected chi connectivity index (χ4v) is 4.82. The van der Waals surface area contributed by atoms with E-state index in [1.807, 2.05) is 36.1 Å². The van der Waals surface area contributed by atoms with Crippen molar-refractivity contribution >= 4 is 45.8 Å². The van der Waals surface area contributed by atoms with Crippen molar-refractivity contribution in [3.05, 3.63) is 24.3 Å². The lowest BCUT2D eigenvalue weighted by molar-refractivity contribution is -0.134. The van der Waals surface area contributed by atoms with Gasteiger partial charge in [-0.2, -0.15) is 0 Å². The van der Waals surface area contributed by atoms with Crippen LogP contribution in [0.2, 0.25) is 0 Å². The van der Waals surface area contributed by atoms with Crippen LogP contribution >= 0.6 is 24.0 Å². The fourth-order valence-electron chi connectivity index (χ4n) is 3.21. The second kappa shape index (κ2) is 8.26. The Labute approximate surface area is 163 Å². The molecule has 1 atom stereocenters. The Morgan fingerprint density at radius 3 is 2.42 bits per heavy atom. The molecule has 0 aromatic heterocycles. The highest BCUT2D eigenvalue weighted by Gasteiger charge is 2.38. The van der Waals surface area contributed by atoms with E-state index in [1.54, 1.807) is 12.0 Å². The zero-order valence-corrected chi connectivity index (χ0v) is 16.6. The summed E-state index contributed by atoms with van der Waals surface area (Å²) < 4.78 is 5.77. The van der Waals surface area contributed by atoms with Crippen molar-refractivity contribution in [2.24, 2.45) is 0 Å². The second-order valence-corrected chi connectivity index (χ2v) is 8.06. The number of thioether (sulfide) groups is 1. The maximum atomic E-state index is 12.6. The summed E-state index contributed by atoms with van der Waals surface area (Å²) in [4.78, 5) is 30.6. The predicted octanol–water partition coefficient (Wildman–Crippen LogP) is 1.98. The highest BCUT2D eigenvalue weighted by atomic mass is 32.2. The van der Waals surface area contributed by atoms with Crippen LogP contribution < -0.4 is 9.64 Å². The highest BCUT2D eigenvalue weighted by Crippen LogP contribution is 2.30. The summed E-state index contributed by atoms with van der Waals surface area (Å²) in [5.41, 5.74) is 1.13. The molecular formula is C18H23N3O3S2. The van der Waals surface area contributed by atoms with Crippen molar-refractivity contribution < 1.29 is 14.3 Å². The van der Waals surface area contributed by atoms with Crippen LogP contribution in [0.15, 0.2) is 24.3 Å². The van der Waals surface area contributed by atoms with Crippen LogP contribution in [0.1, 0.15) is 13.3 Å². The first-order valence-electron chi connectivity index (χ1n) is 8.72. The Morgan fingerprint density at radius 2 is 1.88 bits per heavy atom.